The average Bonchev–Trinajstić information content (AvgIpc) is 2.25. The second kappa shape index (κ2) is 18.5. The average molecular weight is 200 g/mol. The summed E-state index contributed by atoms with van der Waals surface area (Å²) in [6, 6.07) is 0. The lowest BCUT2D eigenvalue weighted by Gasteiger charge is -2.10. The van der Waals surface area contributed by atoms with E-state index in [0.29, 0.717) is 0 Å². The Morgan fingerprint density at radius 3 is 1.57 bits per heavy atom. The van der Waals surface area contributed by atoms with Gasteiger partial charge >= 0.3 is 0 Å². The molecule has 0 aliphatic rings. The Kier molecular flexibility index (Phi) is 25.6. The predicted molar refractivity (Wildman–Crippen MR) is 70.8 cm³/mol. The van der Waals surface area contributed by atoms with Crippen LogP contribution in [0.4, 0.5) is 0 Å². The number of hydrogen-bond donors (Lipinski definition) is 0. The van der Waals surface area contributed by atoms with Crippen molar-refractivity contribution in [1.82, 2.24) is 0 Å². The Bertz CT molecular complexity index is 88.2. The molecule has 0 nitrogen and oxygen atoms in total. The van der Waals surface area contributed by atoms with Crippen LogP contribution in [-0.4, -0.2) is 0 Å². The molecule has 0 radical (unpaired) electrons. The van der Waals surface area contributed by atoms with Gasteiger partial charge in [0.15, 0.2) is 0 Å². The van der Waals surface area contributed by atoms with Crippen LogP contribution in [0.15, 0.2) is 12.2 Å². The maximum Gasteiger partial charge on any atom is -0.0323 e. The van der Waals surface area contributed by atoms with Crippen LogP contribution >= 0.6 is 0 Å². The number of allylic oxidation sites excluding steroid dienone is 1. The van der Waals surface area contributed by atoms with Gasteiger partial charge in [0.25, 0.3) is 0 Å². The van der Waals surface area contributed by atoms with Gasteiger partial charge < -0.3 is 0 Å². The molecule has 0 saturated heterocycles. The van der Waals surface area contributed by atoms with Crippen LogP contribution < -0.4 is 0 Å². The van der Waals surface area contributed by atoms with Crippen molar-refractivity contribution in [3.63, 3.8) is 0 Å². The highest BCUT2D eigenvalue weighted by Gasteiger charge is 2.01. The third-order valence-electron chi connectivity index (χ3n) is 2.13. The molecule has 0 aromatic carbocycles. The second-order valence-corrected chi connectivity index (χ2v) is 3.18. The van der Waals surface area contributed by atoms with Crippen molar-refractivity contribution >= 4 is 0 Å². The van der Waals surface area contributed by atoms with Gasteiger partial charge in [0.05, 0.1) is 0 Å². The molecule has 0 aliphatic carbocycles. The van der Waals surface area contributed by atoms with E-state index in [9.17, 15) is 0 Å². The van der Waals surface area contributed by atoms with Gasteiger partial charge in [-0.05, 0) is 25.7 Å². The SMILES string of the molecule is C=C(C)CCC(CC)CC.CC.CC. The molecule has 14 heavy (non-hydrogen) atoms. The Hall–Kier alpha value is -0.260. The van der Waals surface area contributed by atoms with Crippen molar-refractivity contribution < 1.29 is 0 Å². The van der Waals surface area contributed by atoms with Gasteiger partial charge in [-0.3, -0.25) is 0 Å². The highest BCUT2D eigenvalue weighted by molar-refractivity contribution is 4.87. The third kappa shape index (κ3) is 17.7. The molecule has 0 heteroatoms. The Morgan fingerprint density at radius 2 is 1.36 bits per heavy atom. The summed E-state index contributed by atoms with van der Waals surface area (Å²) in [6.45, 7) is 18.5. The van der Waals surface area contributed by atoms with Crippen LogP contribution in [0.1, 0.15) is 74.1 Å². The van der Waals surface area contributed by atoms with E-state index in [0.717, 1.165) is 5.92 Å². The van der Waals surface area contributed by atoms with E-state index in [1.807, 2.05) is 27.7 Å². The van der Waals surface area contributed by atoms with E-state index in [1.165, 1.54) is 31.3 Å². The molecular formula is C14H32. The first-order chi connectivity index (χ1) is 6.70. The summed E-state index contributed by atoms with van der Waals surface area (Å²) in [5.74, 6) is 0.927. The summed E-state index contributed by atoms with van der Waals surface area (Å²) in [5, 5.41) is 0. The Labute approximate surface area is 92.8 Å². The molecule has 0 fully saturated rings. The number of hydrogen-bond acceptors (Lipinski definition) is 0. The first-order valence-corrected chi connectivity index (χ1v) is 6.35. The van der Waals surface area contributed by atoms with Crippen LogP contribution in [0.5, 0.6) is 0 Å². The van der Waals surface area contributed by atoms with Crippen molar-refractivity contribution in [2.24, 2.45) is 5.92 Å². The molecule has 0 N–H and O–H groups in total. The smallest absolute Gasteiger partial charge is 0.0323 e. The second-order valence-electron chi connectivity index (χ2n) is 3.18. The molecule has 0 bridgehead atoms. The molecule has 0 atom stereocenters. The molecule has 0 aromatic rings. The van der Waals surface area contributed by atoms with E-state index < -0.39 is 0 Å². The standard InChI is InChI=1S/C10H20.2C2H6/c1-5-10(6-2)8-7-9(3)4;2*1-2/h10H,3,5-8H2,1-2,4H3;2*1-2H3. The van der Waals surface area contributed by atoms with Crippen LogP contribution in [0, 0.1) is 5.92 Å². The van der Waals surface area contributed by atoms with Crippen molar-refractivity contribution in [3.8, 4) is 0 Å². The van der Waals surface area contributed by atoms with Crippen LogP contribution in [0.3, 0.4) is 0 Å². The molecule has 0 aromatic heterocycles. The summed E-state index contributed by atoms with van der Waals surface area (Å²) < 4.78 is 0. The lowest BCUT2D eigenvalue weighted by molar-refractivity contribution is 0.456. The zero-order valence-corrected chi connectivity index (χ0v) is 11.6. The van der Waals surface area contributed by atoms with Gasteiger partial charge in [0.1, 0.15) is 0 Å². The summed E-state index contributed by atoms with van der Waals surface area (Å²) in [5.41, 5.74) is 1.33. The fraction of sp³-hybridized carbons (Fsp3) is 0.857. The summed E-state index contributed by atoms with van der Waals surface area (Å²) in [7, 11) is 0. The predicted octanol–water partition coefficient (Wildman–Crippen LogP) is 5.83. The lowest BCUT2D eigenvalue weighted by atomic mass is 9.96. The van der Waals surface area contributed by atoms with Gasteiger partial charge in [0, 0.05) is 0 Å². The van der Waals surface area contributed by atoms with Crippen molar-refractivity contribution in [1.29, 1.82) is 0 Å². The molecule has 0 aliphatic heterocycles. The topological polar surface area (TPSA) is 0 Å². The van der Waals surface area contributed by atoms with Crippen molar-refractivity contribution in [2.75, 3.05) is 0 Å². The molecule has 0 spiro atoms. The fourth-order valence-electron chi connectivity index (χ4n) is 1.15. The van der Waals surface area contributed by atoms with Crippen molar-refractivity contribution in [2.45, 2.75) is 74.1 Å². The zero-order valence-electron chi connectivity index (χ0n) is 11.6. The Morgan fingerprint density at radius 1 is 1.00 bits per heavy atom. The van der Waals surface area contributed by atoms with Gasteiger partial charge in [-0.1, -0.05) is 60.0 Å². The van der Waals surface area contributed by atoms with Gasteiger partial charge in [-0.2, -0.15) is 0 Å². The van der Waals surface area contributed by atoms with E-state index >= 15 is 0 Å². The van der Waals surface area contributed by atoms with Crippen LogP contribution in [0.25, 0.3) is 0 Å². The lowest BCUT2D eigenvalue weighted by Crippen LogP contribution is -1.96. The minimum absolute atomic E-state index is 0.927. The fourth-order valence-corrected chi connectivity index (χ4v) is 1.15. The maximum atomic E-state index is 3.90. The van der Waals surface area contributed by atoms with E-state index in [1.54, 1.807) is 0 Å². The first kappa shape index (κ1) is 19.3. The summed E-state index contributed by atoms with van der Waals surface area (Å²) in [6.07, 6.45) is 5.20. The van der Waals surface area contributed by atoms with Crippen LogP contribution in [0.2, 0.25) is 0 Å². The molecular weight excluding hydrogens is 168 g/mol. The minimum Gasteiger partial charge on any atom is -0.100 e. The maximum absolute atomic E-state index is 3.90. The zero-order chi connectivity index (χ0) is 12.0. The monoisotopic (exact) mass is 200 g/mol. The highest BCUT2D eigenvalue weighted by atomic mass is 14.1. The molecule has 88 valence electrons. The Balaban J connectivity index is -0.000000266. The van der Waals surface area contributed by atoms with Crippen LogP contribution in [-0.2, 0) is 0 Å². The van der Waals surface area contributed by atoms with E-state index in [4.69, 9.17) is 0 Å². The van der Waals surface area contributed by atoms with Gasteiger partial charge in [-0.15, -0.1) is 6.58 Å². The van der Waals surface area contributed by atoms with Crippen molar-refractivity contribution in [3.05, 3.63) is 12.2 Å². The molecule has 0 amide bonds. The highest BCUT2D eigenvalue weighted by Crippen LogP contribution is 2.16. The van der Waals surface area contributed by atoms with Gasteiger partial charge in [-0.25, -0.2) is 0 Å². The minimum atomic E-state index is 0.927. The largest absolute Gasteiger partial charge is 0.100 e. The van der Waals surface area contributed by atoms with Gasteiger partial charge in [0.2, 0.25) is 0 Å². The van der Waals surface area contributed by atoms with E-state index in [-0.39, 0.29) is 0 Å². The first-order valence-electron chi connectivity index (χ1n) is 6.35. The van der Waals surface area contributed by atoms with E-state index in [2.05, 4.69) is 27.4 Å². The molecule has 0 heterocycles. The molecule has 0 rings (SSSR count). The summed E-state index contributed by atoms with van der Waals surface area (Å²) >= 11 is 0. The molecule has 0 unspecified atom stereocenters. The molecule has 0 saturated carbocycles. The summed E-state index contributed by atoms with van der Waals surface area (Å²) in [4.78, 5) is 0. The third-order valence-corrected chi connectivity index (χ3v) is 2.13. The normalized spacial score (nSPS) is 8.29. The quantitative estimate of drug-likeness (QED) is 0.490. The number of rotatable bonds is 5.